The Labute approximate surface area is 235 Å². The molecule has 0 spiro atoms. The van der Waals surface area contributed by atoms with Gasteiger partial charge in [0.15, 0.2) is 0 Å². The summed E-state index contributed by atoms with van der Waals surface area (Å²) in [4.78, 5) is 27.3. The molecule has 214 valence electrons. The van der Waals surface area contributed by atoms with Crippen LogP contribution in [0.5, 0.6) is 11.5 Å². The molecule has 0 aromatic heterocycles. The molecular formula is C31H37FN2O6. The van der Waals surface area contributed by atoms with Crippen molar-refractivity contribution in [2.75, 3.05) is 13.2 Å². The van der Waals surface area contributed by atoms with Crippen LogP contribution in [0.15, 0.2) is 42.5 Å². The largest absolute Gasteiger partial charge is 0.489 e. The molecule has 1 amide bonds. The van der Waals surface area contributed by atoms with Crippen molar-refractivity contribution >= 4 is 12.1 Å². The Balaban J connectivity index is 1.47. The maximum absolute atomic E-state index is 14.8. The van der Waals surface area contributed by atoms with E-state index in [1.807, 2.05) is 36.4 Å². The van der Waals surface area contributed by atoms with Gasteiger partial charge < -0.3 is 18.9 Å². The molecule has 2 fully saturated rings. The van der Waals surface area contributed by atoms with Crippen molar-refractivity contribution in [3.8, 4) is 17.6 Å². The number of hydrogen-bond donors (Lipinski definition) is 0. The third-order valence-corrected chi connectivity index (χ3v) is 7.29. The number of amides is 1. The second-order valence-electron chi connectivity index (χ2n) is 11.4. The molecule has 0 unspecified atom stereocenters. The first-order chi connectivity index (χ1) is 19.1. The molecule has 2 aliphatic rings. The van der Waals surface area contributed by atoms with Crippen LogP contribution in [-0.2, 0) is 20.9 Å². The van der Waals surface area contributed by atoms with E-state index >= 15 is 0 Å². The molecule has 2 aromatic rings. The van der Waals surface area contributed by atoms with Crippen LogP contribution in [0.4, 0.5) is 9.18 Å². The van der Waals surface area contributed by atoms with Gasteiger partial charge >= 0.3 is 12.1 Å². The summed E-state index contributed by atoms with van der Waals surface area (Å²) in [6, 6.07) is 13.4. The predicted octanol–water partition coefficient (Wildman–Crippen LogP) is 6.01. The lowest BCUT2D eigenvalue weighted by atomic mass is 9.72. The van der Waals surface area contributed by atoms with E-state index in [9.17, 15) is 19.2 Å². The van der Waals surface area contributed by atoms with Gasteiger partial charge in [-0.2, -0.15) is 5.26 Å². The highest BCUT2D eigenvalue weighted by atomic mass is 19.1. The molecule has 1 aliphatic carbocycles. The first kappa shape index (κ1) is 29.2. The van der Waals surface area contributed by atoms with E-state index in [2.05, 4.69) is 0 Å². The zero-order valence-corrected chi connectivity index (χ0v) is 23.5. The predicted molar refractivity (Wildman–Crippen MR) is 145 cm³/mol. The standard InChI is InChI=1S/C31H37FN2O6/c1-5-37-29(35)27-14-22-13-23(12-11-21(22)18-34(27)30(36)40-31(2,3)4)39-28-16-24(15-26(32)25(28)17-33)38-19-20-9-7-6-8-10-20/h6-10,15-16,21-23,27H,5,11-14,18-19H2,1-4H3/t21-,22-,23-,27-/m0/s1. The van der Waals surface area contributed by atoms with Gasteiger partial charge in [-0.05, 0) is 70.8 Å². The molecule has 0 bridgehead atoms. The smallest absolute Gasteiger partial charge is 0.411 e. The van der Waals surface area contributed by atoms with E-state index < -0.39 is 29.5 Å². The number of hydrogen-bond acceptors (Lipinski definition) is 7. The summed E-state index contributed by atoms with van der Waals surface area (Å²) >= 11 is 0. The molecule has 1 saturated heterocycles. The summed E-state index contributed by atoms with van der Waals surface area (Å²) < 4.78 is 37.7. The molecular weight excluding hydrogens is 515 g/mol. The van der Waals surface area contributed by atoms with Crippen molar-refractivity contribution < 1.29 is 32.9 Å². The number of halogens is 1. The summed E-state index contributed by atoms with van der Waals surface area (Å²) in [6.07, 6.45) is 1.62. The Morgan fingerprint density at radius 2 is 1.85 bits per heavy atom. The van der Waals surface area contributed by atoms with Crippen molar-refractivity contribution in [1.29, 1.82) is 5.26 Å². The van der Waals surface area contributed by atoms with E-state index in [1.54, 1.807) is 33.8 Å². The van der Waals surface area contributed by atoms with E-state index in [0.29, 0.717) is 25.8 Å². The number of ether oxygens (including phenoxy) is 4. The SMILES string of the molecule is CCOC(=O)[C@@H]1C[C@@H]2C[C@@H](Oc3cc(OCc4ccccc4)cc(F)c3C#N)CC[C@H]2CN1C(=O)OC(C)(C)C. The maximum atomic E-state index is 14.8. The van der Waals surface area contributed by atoms with Gasteiger partial charge in [-0.3, -0.25) is 4.90 Å². The Morgan fingerprint density at radius 1 is 1.10 bits per heavy atom. The summed E-state index contributed by atoms with van der Waals surface area (Å²) in [5.41, 5.74) is 0.0754. The number of benzene rings is 2. The van der Waals surface area contributed by atoms with Gasteiger partial charge in [0.2, 0.25) is 0 Å². The van der Waals surface area contributed by atoms with Gasteiger partial charge in [0, 0.05) is 18.7 Å². The third-order valence-electron chi connectivity index (χ3n) is 7.29. The molecule has 1 saturated carbocycles. The Kier molecular flexibility index (Phi) is 9.18. The van der Waals surface area contributed by atoms with Gasteiger partial charge in [-0.15, -0.1) is 0 Å². The number of nitriles is 1. The summed E-state index contributed by atoms with van der Waals surface area (Å²) in [5, 5.41) is 9.61. The quantitative estimate of drug-likeness (QED) is 0.388. The number of fused-ring (bicyclic) bond motifs is 1. The van der Waals surface area contributed by atoms with Crippen molar-refractivity contribution in [3.05, 3.63) is 59.4 Å². The average molecular weight is 553 g/mol. The fourth-order valence-corrected chi connectivity index (χ4v) is 5.46. The number of rotatable bonds is 7. The molecule has 40 heavy (non-hydrogen) atoms. The first-order valence-electron chi connectivity index (χ1n) is 13.8. The van der Waals surface area contributed by atoms with Crippen LogP contribution in [0.1, 0.15) is 64.5 Å². The molecule has 2 aromatic carbocycles. The summed E-state index contributed by atoms with van der Waals surface area (Å²) in [5.74, 6) is -0.499. The monoisotopic (exact) mass is 552 g/mol. The molecule has 4 rings (SSSR count). The molecule has 1 heterocycles. The highest BCUT2D eigenvalue weighted by molar-refractivity contribution is 5.82. The topological polar surface area (TPSA) is 98.1 Å². The first-order valence-corrected chi connectivity index (χ1v) is 13.8. The van der Waals surface area contributed by atoms with Gasteiger partial charge in [0.05, 0.1) is 12.7 Å². The number of likely N-dealkylation sites (tertiary alicyclic amines) is 1. The lowest BCUT2D eigenvalue weighted by Gasteiger charge is -2.46. The normalized spacial score (nSPS) is 22.4. The lowest BCUT2D eigenvalue weighted by molar-refractivity contribution is -0.153. The third kappa shape index (κ3) is 7.23. The van der Waals surface area contributed by atoms with Crippen LogP contribution < -0.4 is 9.47 Å². The van der Waals surface area contributed by atoms with E-state index in [1.165, 1.54) is 11.0 Å². The van der Waals surface area contributed by atoms with Gasteiger partial charge in [0.1, 0.15) is 47.2 Å². The Bertz CT molecular complexity index is 1240. The molecule has 4 atom stereocenters. The Morgan fingerprint density at radius 3 is 2.52 bits per heavy atom. The summed E-state index contributed by atoms with van der Waals surface area (Å²) in [6.45, 7) is 7.95. The second-order valence-corrected chi connectivity index (χ2v) is 11.4. The zero-order valence-electron chi connectivity index (χ0n) is 23.5. The minimum absolute atomic E-state index is 0.0831. The van der Waals surface area contributed by atoms with Crippen LogP contribution in [-0.4, -0.2) is 47.9 Å². The van der Waals surface area contributed by atoms with Crippen molar-refractivity contribution in [1.82, 2.24) is 4.90 Å². The minimum atomic E-state index is -0.753. The highest BCUT2D eigenvalue weighted by Crippen LogP contribution is 2.41. The number of carbonyl (C=O) groups is 2. The molecule has 1 aliphatic heterocycles. The highest BCUT2D eigenvalue weighted by Gasteiger charge is 2.46. The van der Waals surface area contributed by atoms with Crippen LogP contribution >= 0.6 is 0 Å². The second kappa shape index (κ2) is 12.6. The van der Waals surface area contributed by atoms with E-state index in [-0.39, 0.29) is 48.2 Å². The fourth-order valence-electron chi connectivity index (χ4n) is 5.46. The van der Waals surface area contributed by atoms with Crippen LogP contribution in [0.3, 0.4) is 0 Å². The molecule has 0 radical (unpaired) electrons. The molecule has 8 nitrogen and oxygen atoms in total. The van der Waals surface area contributed by atoms with Crippen molar-refractivity contribution in [3.63, 3.8) is 0 Å². The zero-order chi connectivity index (χ0) is 28.9. The van der Waals surface area contributed by atoms with Crippen LogP contribution in [0.2, 0.25) is 0 Å². The van der Waals surface area contributed by atoms with Gasteiger partial charge in [-0.25, -0.2) is 14.0 Å². The fraction of sp³-hybridized carbons (Fsp3) is 0.516. The minimum Gasteiger partial charge on any atom is -0.489 e. The van der Waals surface area contributed by atoms with Gasteiger partial charge in [-0.1, -0.05) is 30.3 Å². The Hall–Kier alpha value is -3.80. The van der Waals surface area contributed by atoms with E-state index in [4.69, 9.17) is 18.9 Å². The van der Waals surface area contributed by atoms with Crippen molar-refractivity contribution in [2.24, 2.45) is 11.8 Å². The molecule has 0 N–H and O–H groups in total. The van der Waals surface area contributed by atoms with E-state index in [0.717, 1.165) is 12.0 Å². The number of carbonyl (C=O) groups excluding carboxylic acids is 2. The van der Waals surface area contributed by atoms with Crippen LogP contribution in [0, 0.1) is 29.0 Å². The number of nitrogens with zero attached hydrogens (tertiary/aromatic N) is 2. The lowest BCUT2D eigenvalue weighted by Crippen LogP contribution is -2.56. The van der Waals surface area contributed by atoms with Crippen molar-refractivity contribution in [2.45, 2.75) is 77.7 Å². The number of esters is 1. The average Bonchev–Trinajstić information content (AvgIpc) is 2.91. The maximum Gasteiger partial charge on any atom is 0.411 e. The molecule has 9 heteroatoms. The summed E-state index contributed by atoms with van der Waals surface area (Å²) in [7, 11) is 0. The number of piperidine rings is 1. The van der Waals surface area contributed by atoms with Gasteiger partial charge in [0.25, 0.3) is 0 Å². The van der Waals surface area contributed by atoms with Crippen LogP contribution in [0.25, 0.3) is 0 Å².